The Kier molecular flexibility index (Phi) is 4.22. The van der Waals surface area contributed by atoms with E-state index < -0.39 is 0 Å². The van der Waals surface area contributed by atoms with Crippen LogP contribution in [0.2, 0.25) is 0 Å². The molecule has 1 aliphatic rings. The minimum absolute atomic E-state index is 0.605. The van der Waals surface area contributed by atoms with Gasteiger partial charge in [0, 0.05) is 12.5 Å². The molecular formula is C15H20N2O. The van der Waals surface area contributed by atoms with Crippen LogP contribution in [0.3, 0.4) is 0 Å². The molecule has 1 atom stereocenters. The van der Waals surface area contributed by atoms with Crippen molar-refractivity contribution in [3.63, 3.8) is 0 Å². The van der Waals surface area contributed by atoms with E-state index in [9.17, 15) is 0 Å². The van der Waals surface area contributed by atoms with E-state index in [4.69, 9.17) is 10.00 Å². The molecule has 0 aliphatic carbocycles. The van der Waals surface area contributed by atoms with E-state index >= 15 is 0 Å². The lowest BCUT2D eigenvalue weighted by molar-refractivity contribution is 0.216. The summed E-state index contributed by atoms with van der Waals surface area (Å²) in [6.07, 6.45) is 2.47. The molecule has 1 aromatic rings. The topological polar surface area (TPSA) is 45.0 Å². The van der Waals surface area contributed by atoms with Gasteiger partial charge in [-0.1, -0.05) is 0 Å². The molecule has 3 heteroatoms. The third-order valence-corrected chi connectivity index (χ3v) is 3.45. The average Bonchev–Trinajstić information content (AvgIpc) is 2.38. The Balaban J connectivity index is 2.02. The van der Waals surface area contributed by atoms with Crippen molar-refractivity contribution < 1.29 is 4.74 Å². The number of ether oxygens (including phenoxy) is 1. The van der Waals surface area contributed by atoms with Crippen LogP contribution in [0.4, 0.5) is 0 Å². The fourth-order valence-electron chi connectivity index (χ4n) is 2.51. The largest absolute Gasteiger partial charge is 0.493 e. The maximum atomic E-state index is 8.91. The Bertz CT molecular complexity index is 433. The lowest BCUT2D eigenvalue weighted by Gasteiger charge is -2.23. The first kappa shape index (κ1) is 12.9. The molecule has 0 radical (unpaired) electrons. The number of benzene rings is 1. The normalized spacial score (nSPS) is 19.3. The number of nitriles is 1. The smallest absolute Gasteiger partial charge is 0.125 e. The molecule has 0 spiro atoms. The fraction of sp³-hybridized carbons (Fsp3) is 0.533. The Morgan fingerprint density at radius 3 is 2.67 bits per heavy atom. The van der Waals surface area contributed by atoms with E-state index in [1.807, 2.05) is 26.0 Å². The number of rotatable bonds is 3. The summed E-state index contributed by atoms with van der Waals surface area (Å²) in [5.41, 5.74) is 2.81. The molecule has 0 bridgehead atoms. The standard InChI is InChI=1S/C15H20N2O/c1-11-6-14(8-16)7-12(2)15(11)18-10-13-4-3-5-17-9-13/h6-7,13,17H,3-5,9-10H2,1-2H3. The lowest BCUT2D eigenvalue weighted by Crippen LogP contribution is -2.33. The van der Waals surface area contributed by atoms with Crippen LogP contribution < -0.4 is 10.1 Å². The van der Waals surface area contributed by atoms with Gasteiger partial charge < -0.3 is 10.1 Å². The Morgan fingerprint density at radius 1 is 1.39 bits per heavy atom. The second-order valence-electron chi connectivity index (χ2n) is 5.07. The van der Waals surface area contributed by atoms with Gasteiger partial charge in [-0.25, -0.2) is 0 Å². The number of nitrogens with one attached hydrogen (secondary N) is 1. The van der Waals surface area contributed by atoms with E-state index in [1.54, 1.807) is 0 Å². The summed E-state index contributed by atoms with van der Waals surface area (Å²) >= 11 is 0. The molecule has 0 aromatic heterocycles. The van der Waals surface area contributed by atoms with E-state index in [-0.39, 0.29) is 0 Å². The molecule has 1 saturated heterocycles. The minimum atomic E-state index is 0.605. The van der Waals surface area contributed by atoms with Gasteiger partial charge in [0.25, 0.3) is 0 Å². The third kappa shape index (κ3) is 3.02. The van der Waals surface area contributed by atoms with Crippen molar-refractivity contribution >= 4 is 0 Å². The maximum absolute atomic E-state index is 8.91. The zero-order chi connectivity index (χ0) is 13.0. The first-order valence-electron chi connectivity index (χ1n) is 6.55. The molecule has 1 aromatic carbocycles. The van der Waals surface area contributed by atoms with Crippen LogP contribution in [-0.2, 0) is 0 Å². The second-order valence-corrected chi connectivity index (χ2v) is 5.07. The molecule has 1 heterocycles. The van der Waals surface area contributed by atoms with Gasteiger partial charge in [-0.2, -0.15) is 5.26 Å². The van der Waals surface area contributed by atoms with Crippen LogP contribution in [-0.4, -0.2) is 19.7 Å². The highest BCUT2D eigenvalue weighted by Crippen LogP contribution is 2.25. The molecule has 96 valence electrons. The van der Waals surface area contributed by atoms with Gasteiger partial charge in [-0.15, -0.1) is 0 Å². The minimum Gasteiger partial charge on any atom is -0.493 e. The summed E-state index contributed by atoms with van der Waals surface area (Å²) in [6.45, 7) is 6.95. The second kappa shape index (κ2) is 5.88. The van der Waals surface area contributed by atoms with Crippen molar-refractivity contribution in [2.45, 2.75) is 26.7 Å². The molecular weight excluding hydrogens is 224 g/mol. The molecule has 1 unspecified atom stereocenters. The summed E-state index contributed by atoms with van der Waals surface area (Å²) in [4.78, 5) is 0. The molecule has 1 fully saturated rings. The van der Waals surface area contributed by atoms with Gasteiger partial charge in [0.2, 0.25) is 0 Å². The van der Waals surface area contributed by atoms with Gasteiger partial charge in [-0.3, -0.25) is 0 Å². The van der Waals surface area contributed by atoms with E-state index in [0.717, 1.165) is 36.6 Å². The van der Waals surface area contributed by atoms with E-state index in [1.165, 1.54) is 12.8 Å². The molecule has 1 aliphatic heterocycles. The van der Waals surface area contributed by atoms with Crippen LogP contribution in [0.15, 0.2) is 12.1 Å². The number of nitrogens with zero attached hydrogens (tertiary/aromatic N) is 1. The van der Waals surface area contributed by atoms with E-state index in [2.05, 4.69) is 11.4 Å². The Labute approximate surface area is 109 Å². The molecule has 3 nitrogen and oxygen atoms in total. The zero-order valence-corrected chi connectivity index (χ0v) is 11.1. The summed E-state index contributed by atoms with van der Waals surface area (Å²) in [5.74, 6) is 1.55. The van der Waals surface area contributed by atoms with Crippen molar-refractivity contribution in [3.8, 4) is 11.8 Å². The predicted molar refractivity (Wildman–Crippen MR) is 71.7 cm³/mol. The van der Waals surface area contributed by atoms with E-state index in [0.29, 0.717) is 11.5 Å². The molecule has 0 amide bonds. The van der Waals surface area contributed by atoms with Gasteiger partial charge >= 0.3 is 0 Å². The number of piperidine rings is 1. The molecule has 2 rings (SSSR count). The van der Waals surface area contributed by atoms with Crippen molar-refractivity contribution in [2.75, 3.05) is 19.7 Å². The van der Waals surface area contributed by atoms with Crippen LogP contribution in [0.1, 0.15) is 29.5 Å². The monoisotopic (exact) mass is 244 g/mol. The summed E-state index contributed by atoms with van der Waals surface area (Å²) in [6, 6.07) is 5.96. The SMILES string of the molecule is Cc1cc(C#N)cc(C)c1OCC1CCCNC1. The van der Waals surface area contributed by atoms with Crippen LogP contribution in [0, 0.1) is 31.1 Å². The number of aryl methyl sites for hydroxylation is 2. The fourth-order valence-corrected chi connectivity index (χ4v) is 2.51. The van der Waals surface area contributed by atoms with Gasteiger partial charge in [-0.05, 0) is 56.5 Å². The first-order chi connectivity index (χ1) is 8.70. The quantitative estimate of drug-likeness (QED) is 0.888. The maximum Gasteiger partial charge on any atom is 0.125 e. The average molecular weight is 244 g/mol. The highest BCUT2D eigenvalue weighted by atomic mass is 16.5. The Hall–Kier alpha value is -1.53. The van der Waals surface area contributed by atoms with Gasteiger partial charge in [0.15, 0.2) is 0 Å². The summed E-state index contributed by atoms with van der Waals surface area (Å²) in [7, 11) is 0. The van der Waals surface area contributed by atoms with Crippen LogP contribution in [0.25, 0.3) is 0 Å². The van der Waals surface area contributed by atoms with Crippen molar-refractivity contribution in [1.82, 2.24) is 5.32 Å². The van der Waals surface area contributed by atoms with Crippen molar-refractivity contribution in [2.24, 2.45) is 5.92 Å². The summed E-state index contributed by atoms with van der Waals surface area (Å²) in [5, 5.41) is 12.3. The zero-order valence-electron chi connectivity index (χ0n) is 11.1. The Morgan fingerprint density at radius 2 is 2.11 bits per heavy atom. The van der Waals surface area contributed by atoms with Crippen LogP contribution in [0.5, 0.6) is 5.75 Å². The first-order valence-corrected chi connectivity index (χ1v) is 6.55. The van der Waals surface area contributed by atoms with Crippen LogP contribution >= 0.6 is 0 Å². The van der Waals surface area contributed by atoms with Gasteiger partial charge in [0.1, 0.15) is 5.75 Å². The number of hydrogen-bond acceptors (Lipinski definition) is 3. The third-order valence-electron chi connectivity index (χ3n) is 3.45. The number of hydrogen-bond donors (Lipinski definition) is 1. The van der Waals surface area contributed by atoms with Gasteiger partial charge in [0.05, 0.1) is 18.2 Å². The molecule has 0 saturated carbocycles. The summed E-state index contributed by atoms with van der Waals surface area (Å²) < 4.78 is 5.96. The lowest BCUT2D eigenvalue weighted by atomic mass is 10.0. The molecule has 1 N–H and O–H groups in total. The van der Waals surface area contributed by atoms with Crippen molar-refractivity contribution in [1.29, 1.82) is 5.26 Å². The highest BCUT2D eigenvalue weighted by Gasteiger charge is 2.15. The highest BCUT2D eigenvalue weighted by molar-refractivity contribution is 5.47. The predicted octanol–water partition coefficient (Wildman–Crippen LogP) is 2.55. The van der Waals surface area contributed by atoms with Crippen molar-refractivity contribution in [3.05, 3.63) is 28.8 Å². The molecule has 18 heavy (non-hydrogen) atoms.